The van der Waals surface area contributed by atoms with Gasteiger partial charge in [-0.25, -0.2) is 9.59 Å². The third-order valence-corrected chi connectivity index (χ3v) is 3.76. The summed E-state index contributed by atoms with van der Waals surface area (Å²) in [5.41, 5.74) is -1.94. The lowest BCUT2D eigenvalue weighted by molar-refractivity contribution is -0.155. The molecule has 0 aromatic rings. The number of carbonyl (C=O) groups excluding carboxylic acids is 1. The van der Waals surface area contributed by atoms with E-state index in [1.54, 1.807) is 11.9 Å². The zero-order valence-corrected chi connectivity index (χ0v) is 12.4. The van der Waals surface area contributed by atoms with Crippen LogP contribution in [0.15, 0.2) is 0 Å². The normalized spacial score (nSPS) is 20.2. The molecule has 1 fully saturated rings. The van der Waals surface area contributed by atoms with E-state index in [0.29, 0.717) is 12.5 Å². The zero-order chi connectivity index (χ0) is 15.3. The molecule has 1 rings (SSSR count). The van der Waals surface area contributed by atoms with E-state index in [0.717, 1.165) is 32.9 Å². The highest BCUT2D eigenvalue weighted by Crippen LogP contribution is 2.16. The predicted octanol–water partition coefficient (Wildman–Crippen LogP) is -0.195. The second-order valence-electron chi connectivity index (χ2n) is 5.86. The summed E-state index contributed by atoms with van der Waals surface area (Å²) < 4.78 is 0. The SMILES string of the molecule is CN1CCC(CN(C)C(=O)NCC(C)(O)C(=O)O)CC1. The van der Waals surface area contributed by atoms with E-state index in [-0.39, 0.29) is 12.6 Å². The summed E-state index contributed by atoms with van der Waals surface area (Å²) in [4.78, 5) is 26.4. The summed E-state index contributed by atoms with van der Waals surface area (Å²) in [5, 5.41) is 20.7. The van der Waals surface area contributed by atoms with E-state index in [2.05, 4.69) is 17.3 Å². The number of rotatable bonds is 5. The number of hydrogen-bond donors (Lipinski definition) is 3. The Morgan fingerprint density at radius 3 is 2.45 bits per heavy atom. The maximum Gasteiger partial charge on any atom is 0.337 e. The number of amides is 2. The topological polar surface area (TPSA) is 93.1 Å². The van der Waals surface area contributed by atoms with Gasteiger partial charge in [0.15, 0.2) is 5.60 Å². The number of aliphatic hydroxyl groups is 1. The Kier molecular flexibility index (Phi) is 5.76. The summed E-state index contributed by atoms with van der Waals surface area (Å²) in [6, 6.07) is -0.356. The standard InChI is InChI=1S/C13H25N3O4/c1-13(20,11(17)18)9-14-12(19)16(3)8-10-4-6-15(2)7-5-10/h10,20H,4-9H2,1-3H3,(H,14,19)(H,17,18). The van der Waals surface area contributed by atoms with Crippen molar-refractivity contribution in [3.63, 3.8) is 0 Å². The molecule has 1 unspecified atom stereocenters. The average Bonchev–Trinajstić information content (AvgIpc) is 2.38. The highest BCUT2D eigenvalue weighted by molar-refractivity contribution is 5.79. The van der Waals surface area contributed by atoms with Crippen LogP contribution in [0.3, 0.4) is 0 Å². The Morgan fingerprint density at radius 1 is 1.40 bits per heavy atom. The fraction of sp³-hybridized carbons (Fsp3) is 0.846. The van der Waals surface area contributed by atoms with E-state index in [9.17, 15) is 14.7 Å². The lowest BCUT2D eigenvalue weighted by atomic mass is 9.97. The first-order chi connectivity index (χ1) is 9.22. The summed E-state index contributed by atoms with van der Waals surface area (Å²) in [6.07, 6.45) is 2.11. The Labute approximate surface area is 119 Å². The van der Waals surface area contributed by atoms with E-state index in [1.165, 1.54) is 0 Å². The maximum absolute atomic E-state index is 11.9. The minimum absolute atomic E-state index is 0.307. The molecule has 0 aromatic carbocycles. The van der Waals surface area contributed by atoms with Crippen LogP contribution in [0.25, 0.3) is 0 Å². The van der Waals surface area contributed by atoms with Gasteiger partial charge in [0, 0.05) is 13.6 Å². The molecular formula is C13H25N3O4. The molecule has 20 heavy (non-hydrogen) atoms. The highest BCUT2D eigenvalue weighted by Gasteiger charge is 2.31. The van der Waals surface area contributed by atoms with Crippen molar-refractivity contribution in [3.05, 3.63) is 0 Å². The molecule has 0 aliphatic carbocycles. The molecule has 7 nitrogen and oxygen atoms in total. The molecule has 0 radical (unpaired) electrons. The molecule has 1 aliphatic heterocycles. The van der Waals surface area contributed by atoms with Crippen molar-refractivity contribution in [2.45, 2.75) is 25.4 Å². The third kappa shape index (κ3) is 4.97. The van der Waals surface area contributed by atoms with Crippen molar-refractivity contribution in [2.75, 3.05) is 40.3 Å². The van der Waals surface area contributed by atoms with Gasteiger partial charge in [-0.15, -0.1) is 0 Å². The molecule has 1 heterocycles. The number of hydrogen-bond acceptors (Lipinski definition) is 4. The van der Waals surface area contributed by atoms with Gasteiger partial charge in [0.05, 0.1) is 6.54 Å². The Morgan fingerprint density at radius 2 is 1.95 bits per heavy atom. The van der Waals surface area contributed by atoms with Crippen molar-refractivity contribution in [3.8, 4) is 0 Å². The quantitative estimate of drug-likeness (QED) is 0.651. The summed E-state index contributed by atoms with van der Waals surface area (Å²) in [6.45, 7) is 3.57. The maximum atomic E-state index is 11.9. The third-order valence-electron chi connectivity index (χ3n) is 3.76. The molecule has 7 heteroatoms. The zero-order valence-electron chi connectivity index (χ0n) is 12.4. The van der Waals surface area contributed by atoms with Gasteiger partial charge in [-0.2, -0.15) is 0 Å². The van der Waals surface area contributed by atoms with Gasteiger partial charge in [-0.3, -0.25) is 0 Å². The van der Waals surface area contributed by atoms with Crippen molar-refractivity contribution in [2.24, 2.45) is 5.92 Å². The molecule has 1 aliphatic rings. The van der Waals surface area contributed by atoms with Crippen molar-refractivity contribution < 1.29 is 19.8 Å². The van der Waals surface area contributed by atoms with Crippen LogP contribution in [0.4, 0.5) is 4.79 Å². The smallest absolute Gasteiger partial charge is 0.337 e. The van der Waals surface area contributed by atoms with Gasteiger partial charge in [0.2, 0.25) is 0 Å². The molecule has 3 N–H and O–H groups in total. The molecule has 0 bridgehead atoms. The van der Waals surface area contributed by atoms with Crippen LogP contribution in [0, 0.1) is 5.92 Å². The number of likely N-dealkylation sites (tertiary alicyclic amines) is 1. The van der Waals surface area contributed by atoms with E-state index >= 15 is 0 Å². The van der Waals surface area contributed by atoms with Crippen LogP contribution >= 0.6 is 0 Å². The largest absolute Gasteiger partial charge is 0.479 e. The molecule has 0 aromatic heterocycles. The lowest BCUT2D eigenvalue weighted by Crippen LogP contribution is -2.50. The van der Waals surface area contributed by atoms with Crippen molar-refractivity contribution >= 4 is 12.0 Å². The van der Waals surface area contributed by atoms with Gasteiger partial charge >= 0.3 is 12.0 Å². The molecule has 1 atom stereocenters. The Bertz CT molecular complexity index is 352. The lowest BCUT2D eigenvalue weighted by Gasteiger charge is -2.32. The molecule has 0 saturated carbocycles. The summed E-state index contributed by atoms with van der Waals surface area (Å²) >= 11 is 0. The molecule has 0 spiro atoms. The van der Waals surface area contributed by atoms with Crippen molar-refractivity contribution in [1.29, 1.82) is 0 Å². The second kappa shape index (κ2) is 6.90. The molecule has 2 amide bonds. The van der Waals surface area contributed by atoms with Gasteiger partial charge in [-0.1, -0.05) is 0 Å². The minimum Gasteiger partial charge on any atom is -0.479 e. The van der Waals surface area contributed by atoms with Crippen LogP contribution in [-0.2, 0) is 4.79 Å². The van der Waals surface area contributed by atoms with Gasteiger partial charge in [0.1, 0.15) is 0 Å². The van der Waals surface area contributed by atoms with Crippen molar-refractivity contribution in [1.82, 2.24) is 15.1 Å². The first kappa shape index (κ1) is 16.7. The monoisotopic (exact) mass is 287 g/mol. The van der Waals surface area contributed by atoms with E-state index in [4.69, 9.17) is 5.11 Å². The first-order valence-corrected chi connectivity index (χ1v) is 6.85. The summed E-state index contributed by atoms with van der Waals surface area (Å²) in [5.74, 6) is -0.877. The van der Waals surface area contributed by atoms with Crippen LogP contribution in [0.5, 0.6) is 0 Å². The highest BCUT2D eigenvalue weighted by atomic mass is 16.4. The average molecular weight is 287 g/mol. The Balaban J connectivity index is 2.34. The molecular weight excluding hydrogens is 262 g/mol. The van der Waals surface area contributed by atoms with Crippen LogP contribution in [0.1, 0.15) is 19.8 Å². The van der Waals surface area contributed by atoms with E-state index in [1.807, 2.05) is 0 Å². The number of carbonyl (C=O) groups is 2. The number of nitrogens with zero attached hydrogens (tertiary/aromatic N) is 2. The Hall–Kier alpha value is -1.34. The van der Waals surface area contributed by atoms with Crippen LogP contribution < -0.4 is 5.32 Å². The van der Waals surface area contributed by atoms with E-state index < -0.39 is 11.6 Å². The second-order valence-corrected chi connectivity index (χ2v) is 5.86. The fourth-order valence-electron chi connectivity index (χ4n) is 2.17. The van der Waals surface area contributed by atoms with Gasteiger partial charge < -0.3 is 25.3 Å². The first-order valence-electron chi connectivity index (χ1n) is 6.85. The predicted molar refractivity (Wildman–Crippen MR) is 74.5 cm³/mol. The van der Waals surface area contributed by atoms with Gasteiger partial charge in [0.25, 0.3) is 0 Å². The van der Waals surface area contributed by atoms with Crippen LogP contribution in [0.2, 0.25) is 0 Å². The number of carboxylic acids is 1. The van der Waals surface area contributed by atoms with Gasteiger partial charge in [-0.05, 0) is 45.8 Å². The molecule has 1 saturated heterocycles. The summed E-state index contributed by atoms with van der Waals surface area (Å²) in [7, 11) is 3.77. The van der Waals surface area contributed by atoms with Crippen LogP contribution in [-0.4, -0.2) is 77.9 Å². The number of nitrogens with one attached hydrogen (secondary N) is 1. The minimum atomic E-state index is -1.94. The number of urea groups is 1. The number of carboxylic acid groups (broad SMARTS) is 1. The number of piperidine rings is 1. The fourth-order valence-corrected chi connectivity index (χ4v) is 2.17. The number of aliphatic carboxylic acids is 1. The molecule has 116 valence electrons.